The average Bonchev–Trinajstić information content (AvgIpc) is 3.39. The first-order valence-corrected chi connectivity index (χ1v) is 9.45. The molecule has 7 nitrogen and oxygen atoms in total. The predicted octanol–water partition coefficient (Wildman–Crippen LogP) is 3.99. The molecule has 1 atom stereocenters. The first-order chi connectivity index (χ1) is 14.6. The third-order valence-corrected chi connectivity index (χ3v) is 5.09. The van der Waals surface area contributed by atoms with E-state index in [1.807, 2.05) is 54.5 Å². The molecule has 1 unspecified atom stereocenters. The number of nitrogen functional groups attached to an aromatic ring is 1. The van der Waals surface area contributed by atoms with Gasteiger partial charge in [-0.1, -0.05) is 12.1 Å². The van der Waals surface area contributed by atoms with Gasteiger partial charge >= 0.3 is 0 Å². The molecule has 2 N–H and O–H groups in total. The summed E-state index contributed by atoms with van der Waals surface area (Å²) >= 11 is 0. The zero-order valence-electron chi connectivity index (χ0n) is 16.1. The topological polar surface area (TPSA) is 86.9 Å². The van der Waals surface area contributed by atoms with Crippen LogP contribution in [0.4, 0.5) is 10.3 Å². The molecule has 0 saturated carbocycles. The van der Waals surface area contributed by atoms with Gasteiger partial charge in [0, 0.05) is 29.7 Å². The molecule has 0 radical (unpaired) electrons. The molecule has 0 saturated heterocycles. The smallest absolute Gasteiger partial charge is 0.240 e. The lowest BCUT2D eigenvalue weighted by atomic mass is 10.1. The van der Waals surface area contributed by atoms with Gasteiger partial charge in [0.2, 0.25) is 5.95 Å². The molecule has 4 aromatic heterocycles. The van der Waals surface area contributed by atoms with Gasteiger partial charge < -0.3 is 5.73 Å². The van der Waals surface area contributed by atoms with E-state index in [1.54, 1.807) is 22.8 Å². The number of anilines is 1. The zero-order chi connectivity index (χ0) is 20.7. The normalized spacial score (nSPS) is 12.3. The van der Waals surface area contributed by atoms with Crippen LogP contribution in [0, 0.1) is 5.82 Å². The highest BCUT2D eigenvalue weighted by Crippen LogP contribution is 2.26. The van der Waals surface area contributed by atoms with Gasteiger partial charge in [-0.05, 0) is 54.4 Å². The van der Waals surface area contributed by atoms with Crippen molar-refractivity contribution in [2.24, 2.45) is 0 Å². The Morgan fingerprint density at radius 3 is 2.67 bits per heavy atom. The van der Waals surface area contributed by atoms with Gasteiger partial charge in [-0.15, -0.1) is 5.10 Å². The predicted molar refractivity (Wildman–Crippen MR) is 112 cm³/mol. The Balaban J connectivity index is 1.46. The van der Waals surface area contributed by atoms with Crippen LogP contribution < -0.4 is 5.73 Å². The number of nitrogens with two attached hydrogens (primary N) is 1. The molecule has 0 aliphatic heterocycles. The largest absolute Gasteiger partial charge is 0.366 e. The Morgan fingerprint density at radius 2 is 1.83 bits per heavy atom. The molecule has 0 spiro atoms. The number of halogens is 1. The van der Waals surface area contributed by atoms with E-state index in [-0.39, 0.29) is 17.8 Å². The lowest BCUT2D eigenvalue weighted by Gasteiger charge is -2.12. The summed E-state index contributed by atoms with van der Waals surface area (Å²) in [6, 6.07) is 14.2. The highest BCUT2D eigenvalue weighted by Gasteiger charge is 2.12. The minimum Gasteiger partial charge on any atom is -0.366 e. The zero-order valence-corrected chi connectivity index (χ0v) is 16.1. The fourth-order valence-corrected chi connectivity index (χ4v) is 3.42. The number of hydrogen-bond acceptors (Lipinski definition) is 5. The van der Waals surface area contributed by atoms with E-state index in [9.17, 15) is 4.39 Å². The van der Waals surface area contributed by atoms with Crippen LogP contribution in [-0.2, 0) is 0 Å². The SMILES string of the molecule is CC(c1ccc(F)cc1)n1cc(-c2ccnc(-c3ccn4nc(N)nc4c3)c2)cn1. The number of aromatic nitrogens is 6. The molecule has 30 heavy (non-hydrogen) atoms. The van der Waals surface area contributed by atoms with E-state index in [0.717, 1.165) is 27.9 Å². The molecule has 1 aromatic carbocycles. The second-order valence-electron chi connectivity index (χ2n) is 7.05. The van der Waals surface area contributed by atoms with Crippen LogP contribution in [-0.4, -0.2) is 29.4 Å². The fraction of sp³-hybridized carbons (Fsp3) is 0.0909. The monoisotopic (exact) mass is 399 g/mol. The van der Waals surface area contributed by atoms with Crippen molar-refractivity contribution in [1.82, 2.24) is 29.4 Å². The van der Waals surface area contributed by atoms with Crippen molar-refractivity contribution in [2.45, 2.75) is 13.0 Å². The van der Waals surface area contributed by atoms with Gasteiger partial charge in [0.05, 0.1) is 17.9 Å². The molecule has 5 aromatic rings. The molecule has 5 rings (SSSR count). The first kappa shape index (κ1) is 18.0. The Labute approximate surface area is 171 Å². The van der Waals surface area contributed by atoms with E-state index in [0.29, 0.717) is 5.65 Å². The molecule has 8 heteroatoms. The molecule has 148 valence electrons. The van der Waals surface area contributed by atoms with Gasteiger partial charge in [0.25, 0.3) is 0 Å². The summed E-state index contributed by atoms with van der Waals surface area (Å²) in [5, 5.41) is 8.60. The van der Waals surface area contributed by atoms with Crippen LogP contribution in [0.15, 0.2) is 73.3 Å². The van der Waals surface area contributed by atoms with Crippen molar-refractivity contribution >= 4 is 11.6 Å². The van der Waals surface area contributed by atoms with Crippen LogP contribution in [0.3, 0.4) is 0 Å². The third-order valence-electron chi connectivity index (χ3n) is 5.09. The number of pyridine rings is 2. The molecule has 0 fully saturated rings. The Morgan fingerprint density at radius 1 is 1.00 bits per heavy atom. The van der Waals surface area contributed by atoms with E-state index < -0.39 is 0 Å². The Kier molecular flexibility index (Phi) is 4.24. The number of benzene rings is 1. The molecule has 4 heterocycles. The van der Waals surface area contributed by atoms with E-state index in [4.69, 9.17) is 5.73 Å². The molecular weight excluding hydrogens is 381 g/mol. The molecule has 0 aliphatic rings. The number of hydrogen-bond donors (Lipinski definition) is 1. The summed E-state index contributed by atoms with van der Waals surface area (Å²) in [5.41, 5.74) is 11.0. The first-order valence-electron chi connectivity index (χ1n) is 9.45. The summed E-state index contributed by atoms with van der Waals surface area (Å²) in [7, 11) is 0. The lowest BCUT2D eigenvalue weighted by Crippen LogP contribution is -2.06. The maximum absolute atomic E-state index is 13.2. The quantitative estimate of drug-likeness (QED) is 0.494. The van der Waals surface area contributed by atoms with E-state index >= 15 is 0 Å². The third kappa shape index (κ3) is 3.28. The molecule has 0 aliphatic carbocycles. The van der Waals surface area contributed by atoms with Gasteiger partial charge in [-0.3, -0.25) is 9.67 Å². The van der Waals surface area contributed by atoms with Gasteiger partial charge in [-0.2, -0.15) is 10.1 Å². The second-order valence-corrected chi connectivity index (χ2v) is 7.05. The standard InChI is InChI=1S/C22H18FN7/c1-14(15-2-4-19(23)5-3-15)30-13-18(12-26-30)16-6-8-25-20(10-16)17-7-9-29-21(11-17)27-22(24)28-29/h2-14H,1H3,(H2,24,28). The summed E-state index contributed by atoms with van der Waals surface area (Å²) < 4.78 is 16.7. The van der Waals surface area contributed by atoms with Crippen molar-refractivity contribution in [2.75, 3.05) is 5.73 Å². The Hall–Kier alpha value is -4.07. The summed E-state index contributed by atoms with van der Waals surface area (Å²) in [4.78, 5) is 8.70. The van der Waals surface area contributed by atoms with Crippen molar-refractivity contribution in [3.05, 3.63) is 84.7 Å². The highest BCUT2D eigenvalue weighted by molar-refractivity contribution is 5.71. The highest BCUT2D eigenvalue weighted by atomic mass is 19.1. The number of rotatable bonds is 4. The lowest BCUT2D eigenvalue weighted by molar-refractivity contribution is 0.561. The van der Waals surface area contributed by atoms with Crippen molar-refractivity contribution in [3.8, 4) is 22.4 Å². The van der Waals surface area contributed by atoms with Crippen molar-refractivity contribution in [3.63, 3.8) is 0 Å². The van der Waals surface area contributed by atoms with Crippen molar-refractivity contribution in [1.29, 1.82) is 0 Å². The molecular formula is C22H18FN7. The Bertz CT molecular complexity index is 1340. The maximum Gasteiger partial charge on any atom is 0.240 e. The summed E-state index contributed by atoms with van der Waals surface area (Å²) in [6.07, 6.45) is 7.38. The van der Waals surface area contributed by atoms with Crippen molar-refractivity contribution < 1.29 is 4.39 Å². The summed E-state index contributed by atoms with van der Waals surface area (Å²) in [5.74, 6) is -0.0139. The van der Waals surface area contributed by atoms with E-state index in [1.165, 1.54) is 12.1 Å². The second kappa shape index (κ2) is 7.07. The minimum atomic E-state index is -0.247. The number of nitrogens with zero attached hydrogens (tertiary/aromatic N) is 6. The minimum absolute atomic E-state index is 0.0125. The van der Waals surface area contributed by atoms with Crippen LogP contribution in [0.2, 0.25) is 0 Å². The summed E-state index contributed by atoms with van der Waals surface area (Å²) in [6.45, 7) is 2.03. The van der Waals surface area contributed by atoms with Gasteiger partial charge in [0.1, 0.15) is 5.82 Å². The molecule has 0 bridgehead atoms. The van der Waals surface area contributed by atoms with Crippen LogP contribution in [0.25, 0.3) is 28.0 Å². The average molecular weight is 399 g/mol. The maximum atomic E-state index is 13.2. The van der Waals surface area contributed by atoms with Crippen LogP contribution in [0.1, 0.15) is 18.5 Å². The van der Waals surface area contributed by atoms with Crippen LogP contribution >= 0.6 is 0 Å². The number of fused-ring (bicyclic) bond motifs is 1. The molecule has 0 amide bonds. The van der Waals surface area contributed by atoms with Gasteiger partial charge in [0.15, 0.2) is 5.65 Å². The fourth-order valence-electron chi connectivity index (χ4n) is 3.42. The van der Waals surface area contributed by atoms with E-state index in [2.05, 4.69) is 20.2 Å². The van der Waals surface area contributed by atoms with Gasteiger partial charge in [-0.25, -0.2) is 8.91 Å². The van der Waals surface area contributed by atoms with Crippen LogP contribution in [0.5, 0.6) is 0 Å².